The van der Waals surface area contributed by atoms with Crippen LogP contribution in [0.25, 0.3) is 6.08 Å². The Bertz CT molecular complexity index is 1490. The van der Waals surface area contributed by atoms with Crippen LogP contribution in [0.1, 0.15) is 18.1 Å². The Morgan fingerprint density at radius 3 is 2.32 bits per heavy atom. The molecule has 0 saturated heterocycles. The Labute approximate surface area is 200 Å². The van der Waals surface area contributed by atoms with Gasteiger partial charge < -0.3 is 4.18 Å². The second kappa shape index (κ2) is 8.81. The van der Waals surface area contributed by atoms with E-state index in [0.717, 1.165) is 22.3 Å². The number of amidine groups is 2. The van der Waals surface area contributed by atoms with Gasteiger partial charge in [0.25, 0.3) is 5.91 Å². The number of hydrogen-bond donors (Lipinski definition) is 1. The standard InChI is InChI=1S/C21H18N4O6S3/c1-3-33(27,28)21-24-25-18(22)17(19(26)23-20(25)32-21)12-14-6-8-15(9-7-14)31-34(29,30)16-10-4-13(2)5-11-16/h4-12,22H,3H2,1-2H3/b17-12-,22-18?. The number of benzene rings is 2. The van der Waals surface area contributed by atoms with Crippen LogP contribution >= 0.6 is 11.8 Å². The molecule has 1 amide bonds. The summed E-state index contributed by atoms with van der Waals surface area (Å²) < 4.78 is 54.0. The van der Waals surface area contributed by atoms with E-state index in [4.69, 9.17) is 9.59 Å². The number of rotatable bonds is 5. The highest BCUT2D eigenvalue weighted by atomic mass is 32.3. The number of carbonyl (C=O) groups is 1. The van der Waals surface area contributed by atoms with Crippen LogP contribution in [0.2, 0.25) is 0 Å². The zero-order valence-electron chi connectivity index (χ0n) is 17.9. The van der Waals surface area contributed by atoms with Gasteiger partial charge in [0.1, 0.15) is 10.6 Å². The largest absolute Gasteiger partial charge is 0.379 e. The highest BCUT2D eigenvalue weighted by molar-refractivity contribution is 8.42. The van der Waals surface area contributed by atoms with Crippen molar-refractivity contribution in [3.05, 3.63) is 65.2 Å². The van der Waals surface area contributed by atoms with Crippen LogP contribution in [-0.4, -0.2) is 48.9 Å². The third-order valence-corrected chi connectivity index (χ3v) is 9.14. The van der Waals surface area contributed by atoms with Gasteiger partial charge >= 0.3 is 10.1 Å². The number of nitrogens with zero attached hydrogens (tertiary/aromatic N) is 3. The Hall–Kier alpha value is -3.29. The Morgan fingerprint density at radius 1 is 1.06 bits per heavy atom. The number of carbonyl (C=O) groups excluding carboxylic acids is 1. The van der Waals surface area contributed by atoms with Crippen molar-refractivity contribution in [2.24, 2.45) is 10.1 Å². The molecule has 2 aliphatic rings. The molecule has 2 aromatic rings. The summed E-state index contributed by atoms with van der Waals surface area (Å²) in [6.45, 7) is 3.31. The summed E-state index contributed by atoms with van der Waals surface area (Å²) in [4.78, 5) is 16.3. The van der Waals surface area contributed by atoms with Crippen LogP contribution in [0.3, 0.4) is 0 Å². The van der Waals surface area contributed by atoms with Crippen molar-refractivity contribution in [1.82, 2.24) is 5.01 Å². The fourth-order valence-corrected chi connectivity index (χ4v) is 5.98. The molecule has 2 heterocycles. The zero-order valence-corrected chi connectivity index (χ0v) is 20.4. The van der Waals surface area contributed by atoms with Gasteiger partial charge in [0.2, 0.25) is 19.4 Å². The first-order chi connectivity index (χ1) is 16.0. The summed E-state index contributed by atoms with van der Waals surface area (Å²) in [5, 5.41) is 13.3. The van der Waals surface area contributed by atoms with Crippen LogP contribution in [0, 0.1) is 12.3 Å². The lowest BCUT2D eigenvalue weighted by molar-refractivity contribution is -0.114. The molecular formula is C21H18N4O6S3. The Morgan fingerprint density at radius 2 is 1.71 bits per heavy atom. The maximum Gasteiger partial charge on any atom is 0.339 e. The average Bonchev–Trinajstić information content (AvgIpc) is 3.23. The molecule has 0 aromatic heterocycles. The number of fused-ring (bicyclic) bond motifs is 1. The van der Waals surface area contributed by atoms with Crippen LogP contribution in [-0.2, 0) is 24.7 Å². The van der Waals surface area contributed by atoms with Gasteiger partial charge in [-0.2, -0.15) is 18.4 Å². The SMILES string of the molecule is CCS(=O)(=O)C1=NN2C(=N)/C(=C/c3ccc(OS(=O)(=O)c4ccc(C)cc4)cc3)C(=O)N=C2S1. The van der Waals surface area contributed by atoms with Crippen LogP contribution < -0.4 is 4.18 Å². The molecule has 0 spiro atoms. The lowest BCUT2D eigenvalue weighted by Gasteiger charge is -2.20. The predicted molar refractivity (Wildman–Crippen MR) is 130 cm³/mol. The summed E-state index contributed by atoms with van der Waals surface area (Å²) in [7, 11) is -7.63. The predicted octanol–water partition coefficient (Wildman–Crippen LogP) is 2.77. The van der Waals surface area contributed by atoms with E-state index in [2.05, 4.69) is 10.1 Å². The summed E-state index contributed by atoms with van der Waals surface area (Å²) in [5.41, 5.74) is 1.30. The van der Waals surface area contributed by atoms with Gasteiger partial charge in [0.05, 0.1) is 11.3 Å². The summed E-state index contributed by atoms with van der Waals surface area (Å²) in [6, 6.07) is 12.1. The van der Waals surface area contributed by atoms with E-state index in [9.17, 15) is 21.6 Å². The quantitative estimate of drug-likeness (QED) is 0.470. The van der Waals surface area contributed by atoms with Gasteiger partial charge in [0, 0.05) is 0 Å². The smallest absolute Gasteiger partial charge is 0.339 e. The highest BCUT2D eigenvalue weighted by Crippen LogP contribution is 2.30. The molecule has 1 N–H and O–H groups in total. The third kappa shape index (κ3) is 4.67. The van der Waals surface area contributed by atoms with E-state index < -0.39 is 25.9 Å². The molecule has 0 atom stereocenters. The summed E-state index contributed by atoms with van der Waals surface area (Å²) in [6.07, 6.45) is 1.38. The van der Waals surface area contributed by atoms with Crippen LogP contribution in [0.15, 0.2) is 69.1 Å². The molecule has 2 aliphatic heterocycles. The minimum atomic E-state index is -4.01. The first kappa shape index (κ1) is 23.9. The number of hydrogen-bond acceptors (Lipinski definition) is 9. The number of aliphatic imine (C=N–C) groups is 1. The van der Waals surface area contributed by atoms with Gasteiger partial charge in [0.15, 0.2) is 5.84 Å². The number of sulfone groups is 1. The highest BCUT2D eigenvalue weighted by Gasteiger charge is 2.39. The average molecular weight is 519 g/mol. The van der Waals surface area contributed by atoms with Crippen LogP contribution in [0.4, 0.5) is 0 Å². The minimum Gasteiger partial charge on any atom is -0.379 e. The number of hydrazone groups is 1. The molecule has 13 heteroatoms. The van der Waals surface area contributed by atoms with E-state index in [1.165, 1.54) is 49.4 Å². The molecule has 0 saturated carbocycles. The second-order valence-electron chi connectivity index (χ2n) is 7.21. The number of nitrogens with one attached hydrogen (secondary N) is 1. The van der Waals surface area contributed by atoms with Crippen LogP contribution in [0.5, 0.6) is 5.75 Å². The van der Waals surface area contributed by atoms with Gasteiger partial charge in [-0.05, 0) is 54.6 Å². The fourth-order valence-electron chi connectivity index (χ4n) is 2.89. The van der Waals surface area contributed by atoms with Crippen molar-refractivity contribution in [2.75, 3.05) is 5.75 Å². The lowest BCUT2D eigenvalue weighted by Crippen LogP contribution is -2.35. The first-order valence-corrected chi connectivity index (χ1v) is 13.7. The molecule has 10 nitrogen and oxygen atoms in total. The Balaban J connectivity index is 1.55. The molecule has 4 rings (SSSR count). The van der Waals surface area contributed by atoms with Crippen molar-refractivity contribution < 1.29 is 25.8 Å². The normalized spacial score (nSPS) is 17.5. The second-order valence-corrected chi connectivity index (χ2v) is 12.2. The fraction of sp³-hybridized carbons (Fsp3) is 0.143. The molecule has 176 valence electrons. The number of thioether (sulfide) groups is 1. The Kier molecular flexibility index (Phi) is 6.18. The van der Waals surface area contributed by atoms with Gasteiger partial charge in [-0.1, -0.05) is 36.8 Å². The minimum absolute atomic E-state index is 0.00392. The summed E-state index contributed by atoms with van der Waals surface area (Å²) >= 11 is 0.724. The van der Waals surface area contributed by atoms with E-state index in [1.807, 2.05) is 6.92 Å². The number of aryl methyl sites for hydroxylation is 1. The van der Waals surface area contributed by atoms with Gasteiger partial charge in [-0.25, -0.2) is 8.42 Å². The van der Waals surface area contributed by atoms with Crippen molar-refractivity contribution in [3.63, 3.8) is 0 Å². The molecule has 0 bridgehead atoms. The van der Waals surface area contributed by atoms with Crippen molar-refractivity contribution >= 4 is 59.1 Å². The maximum atomic E-state index is 12.5. The molecule has 0 fully saturated rings. The van der Waals surface area contributed by atoms with E-state index in [-0.39, 0.29) is 37.3 Å². The maximum absolute atomic E-state index is 12.5. The van der Waals surface area contributed by atoms with Gasteiger partial charge in [-0.15, -0.1) is 5.10 Å². The summed E-state index contributed by atoms with van der Waals surface area (Å²) in [5.74, 6) is -1.12. The van der Waals surface area contributed by atoms with Crippen molar-refractivity contribution in [3.8, 4) is 5.75 Å². The van der Waals surface area contributed by atoms with Crippen molar-refractivity contribution in [1.29, 1.82) is 5.41 Å². The molecule has 0 unspecified atom stereocenters. The van der Waals surface area contributed by atoms with E-state index >= 15 is 0 Å². The van der Waals surface area contributed by atoms with E-state index in [1.54, 1.807) is 12.1 Å². The third-order valence-electron chi connectivity index (χ3n) is 4.79. The number of amides is 1. The molecular weight excluding hydrogens is 500 g/mol. The van der Waals surface area contributed by atoms with E-state index in [0.29, 0.717) is 5.56 Å². The zero-order chi connectivity index (χ0) is 24.7. The molecule has 34 heavy (non-hydrogen) atoms. The van der Waals surface area contributed by atoms with Crippen molar-refractivity contribution in [2.45, 2.75) is 18.7 Å². The van der Waals surface area contributed by atoms with Gasteiger partial charge in [-0.3, -0.25) is 10.2 Å². The molecule has 0 radical (unpaired) electrons. The lowest BCUT2D eigenvalue weighted by atomic mass is 10.1. The monoisotopic (exact) mass is 518 g/mol. The molecule has 2 aromatic carbocycles. The first-order valence-electron chi connectivity index (χ1n) is 9.84. The molecule has 0 aliphatic carbocycles. The topological polar surface area (TPSA) is 146 Å².